The molecule has 1 atom stereocenters. The maximum atomic E-state index is 13.4. The maximum absolute atomic E-state index is 13.4. The standard InChI is InChI=1S/C22H26BrN3O6S/c1-4-33(29,30)26(18-8-9-19-20(11-18)32-14-31-19)13-21(27)25(15(2)22(28)24-3)12-16-6-5-7-17(23)10-16/h5-11,15H,4,12-14H2,1-3H3,(H,24,28). The van der Waals surface area contributed by atoms with Crippen LogP contribution in [0.4, 0.5) is 5.69 Å². The average Bonchev–Trinajstić information content (AvgIpc) is 3.27. The van der Waals surface area contributed by atoms with Gasteiger partial charge >= 0.3 is 0 Å². The second kappa shape index (κ2) is 10.4. The Morgan fingerprint density at radius 3 is 2.55 bits per heavy atom. The number of carbonyl (C=O) groups is 2. The summed E-state index contributed by atoms with van der Waals surface area (Å²) < 4.78 is 38.4. The number of benzene rings is 2. The highest BCUT2D eigenvalue weighted by Crippen LogP contribution is 2.36. The van der Waals surface area contributed by atoms with Gasteiger partial charge in [-0.05, 0) is 43.7 Å². The molecule has 0 saturated heterocycles. The van der Waals surface area contributed by atoms with Gasteiger partial charge in [-0.2, -0.15) is 0 Å². The quantitative estimate of drug-likeness (QED) is 0.524. The summed E-state index contributed by atoms with van der Waals surface area (Å²) in [5.41, 5.74) is 1.07. The third-order valence-corrected chi connectivity index (χ3v) is 7.51. The first kappa shape index (κ1) is 24.8. The molecule has 0 saturated carbocycles. The van der Waals surface area contributed by atoms with Gasteiger partial charge in [0.2, 0.25) is 28.6 Å². The van der Waals surface area contributed by atoms with Gasteiger partial charge in [-0.15, -0.1) is 0 Å². The average molecular weight is 540 g/mol. The number of anilines is 1. The lowest BCUT2D eigenvalue weighted by Crippen LogP contribution is -2.50. The van der Waals surface area contributed by atoms with Crippen molar-refractivity contribution < 1.29 is 27.5 Å². The Balaban J connectivity index is 1.94. The van der Waals surface area contributed by atoms with Gasteiger partial charge < -0.3 is 19.7 Å². The van der Waals surface area contributed by atoms with E-state index in [4.69, 9.17) is 9.47 Å². The molecule has 2 aromatic carbocycles. The molecule has 1 N–H and O–H groups in total. The molecule has 0 aliphatic carbocycles. The van der Waals surface area contributed by atoms with Gasteiger partial charge in [0.1, 0.15) is 12.6 Å². The van der Waals surface area contributed by atoms with E-state index in [0.717, 1.165) is 14.3 Å². The fourth-order valence-corrected chi connectivity index (χ4v) is 4.88. The summed E-state index contributed by atoms with van der Waals surface area (Å²) >= 11 is 3.41. The van der Waals surface area contributed by atoms with Gasteiger partial charge in [0, 0.05) is 24.1 Å². The van der Waals surface area contributed by atoms with Crippen molar-refractivity contribution in [2.24, 2.45) is 0 Å². The molecular weight excluding hydrogens is 514 g/mol. The first-order valence-electron chi connectivity index (χ1n) is 10.3. The molecule has 0 fully saturated rings. The summed E-state index contributed by atoms with van der Waals surface area (Å²) in [5, 5.41) is 2.55. The van der Waals surface area contributed by atoms with Gasteiger partial charge in [-0.3, -0.25) is 13.9 Å². The van der Waals surface area contributed by atoms with E-state index >= 15 is 0 Å². The van der Waals surface area contributed by atoms with Crippen molar-refractivity contribution in [1.82, 2.24) is 10.2 Å². The first-order valence-corrected chi connectivity index (χ1v) is 12.7. The minimum atomic E-state index is -3.81. The second-order valence-corrected chi connectivity index (χ2v) is 10.5. The van der Waals surface area contributed by atoms with Crippen molar-refractivity contribution in [3.8, 4) is 11.5 Å². The summed E-state index contributed by atoms with van der Waals surface area (Å²) in [6, 6.07) is 11.2. The van der Waals surface area contributed by atoms with E-state index in [-0.39, 0.29) is 30.7 Å². The number of halogens is 1. The van der Waals surface area contributed by atoms with Crippen LogP contribution in [0.25, 0.3) is 0 Å². The third kappa shape index (κ3) is 5.77. The Morgan fingerprint density at radius 1 is 1.15 bits per heavy atom. The van der Waals surface area contributed by atoms with E-state index in [9.17, 15) is 18.0 Å². The van der Waals surface area contributed by atoms with Crippen molar-refractivity contribution in [3.05, 3.63) is 52.5 Å². The smallest absolute Gasteiger partial charge is 0.244 e. The predicted octanol–water partition coefficient (Wildman–Crippen LogP) is 2.50. The van der Waals surface area contributed by atoms with Crippen LogP contribution in [-0.2, 0) is 26.2 Å². The molecule has 2 amide bonds. The molecule has 2 aromatic rings. The summed E-state index contributed by atoms with van der Waals surface area (Å²) in [6.07, 6.45) is 0. The zero-order chi connectivity index (χ0) is 24.2. The number of sulfonamides is 1. The number of nitrogens with one attached hydrogen (secondary N) is 1. The molecule has 0 spiro atoms. The normalized spacial score (nSPS) is 13.3. The Bertz CT molecular complexity index is 1140. The zero-order valence-electron chi connectivity index (χ0n) is 18.6. The van der Waals surface area contributed by atoms with Crippen molar-refractivity contribution in [2.75, 3.05) is 30.4 Å². The topological polar surface area (TPSA) is 105 Å². The van der Waals surface area contributed by atoms with E-state index in [2.05, 4.69) is 21.2 Å². The number of rotatable bonds is 9. The maximum Gasteiger partial charge on any atom is 0.244 e. The minimum Gasteiger partial charge on any atom is -0.454 e. The predicted molar refractivity (Wildman–Crippen MR) is 128 cm³/mol. The number of amides is 2. The fourth-order valence-electron chi connectivity index (χ4n) is 3.38. The van der Waals surface area contributed by atoms with Gasteiger partial charge in [0.05, 0.1) is 11.4 Å². The number of hydrogen-bond donors (Lipinski definition) is 1. The molecule has 1 aliphatic rings. The van der Waals surface area contributed by atoms with Crippen molar-refractivity contribution in [1.29, 1.82) is 0 Å². The Kier molecular flexibility index (Phi) is 7.85. The van der Waals surface area contributed by atoms with Crippen molar-refractivity contribution in [3.63, 3.8) is 0 Å². The van der Waals surface area contributed by atoms with Crippen LogP contribution in [-0.4, -0.2) is 57.3 Å². The molecule has 0 bridgehead atoms. The molecule has 9 nitrogen and oxygen atoms in total. The summed E-state index contributed by atoms with van der Waals surface area (Å²) in [4.78, 5) is 27.2. The number of fused-ring (bicyclic) bond motifs is 1. The number of nitrogens with zero attached hydrogens (tertiary/aromatic N) is 2. The molecular formula is C22H26BrN3O6S. The van der Waals surface area contributed by atoms with Gasteiger partial charge in [-0.1, -0.05) is 28.1 Å². The van der Waals surface area contributed by atoms with Crippen LogP contribution in [0, 0.1) is 0 Å². The largest absolute Gasteiger partial charge is 0.454 e. The number of hydrogen-bond acceptors (Lipinski definition) is 6. The highest BCUT2D eigenvalue weighted by atomic mass is 79.9. The van der Waals surface area contributed by atoms with Crippen LogP contribution in [0.2, 0.25) is 0 Å². The summed E-state index contributed by atoms with van der Waals surface area (Å²) in [5.74, 6) is -0.165. The summed E-state index contributed by atoms with van der Waals surface area (Å²) in [6.45, 7) is 2.82. The van der Waals surface area contributed by atoms with Gasteiger partial charge in [0.25, 0.3) is 0 Å². The molecule has 33 heavy (non-hydrogen) atoms. The molecule has 1 heterocycles. The van der Waals surface area contributed by atoms with Crippen molar-refractivity contribution in [2.45, 2.75) is 26.4 Å². The van der Waals surface area contributed by atoms with Crippen LogP contribution in [0.1, 0.15) is 19.4 Å². The van der Waals surface area contributed by atoms with Gasteiger partial charge in [-0.25, -0.2) is 8.42 Å². The van der Waals surface area contributed by atoms with Crippen molar-refractivity contribution >= 4 is 43.5 Å². The molecule has 0 radical (unpaired) electrons. The molecule has 178 valence electrons. The minimum absolute atomic E-state index is 0.0440. The van der Waals surface area contributed by atoms with E-state index in [1.807, 2.05) is 24.3 Å². The Labute approximate surface area is 201 Å². The SMILES string of the molecule is CCS(=O)(=O)N(CC(=O)N(Cc1cccc(Br)c1)C(C)C(=O)NC)c1ccc2c(c1)OCO2. The first-order chi connectivity index (χ1) is 15.7. The second-order valence-electron chi connectivity index (χ2n) is 7.39. The molecule has 1 unspecified atom stereocenters. The van der Waals surface area contributed by atoms with Gasteiger partial charge in [0.15, 0.2) is 11.5 Å². The van der Waals surface area contributed by atoms with E-state index < -0.39 is 28.5 Å². The molecule has 0 aromatic heterocycles. The van der Waals surface area contributed by atoms with Crippen LogP contribution >= 0.6 is 15.9 Å². The lowest BCUT2D eigenvalue weighted by atomic mass is 10.1. The Hall–Kier alpha value is -2.79. The molecule has 11 heteroatoms. The number of carbonyl (C=O) groups excluding carboxylic acids is 2. The fraction of sp³-hybridized carbons (Fsp3) is 0.364. The van der Waals surface area contributed by atoms with Crippen LogP contribution in [0.15, 0.2) is 46.9 Å². The Morgan fingerprint density at radius 2 is 1.88 bits per heavy atom. The number of ether oxygens (including phenoxy) is 2. The molecule has 3 rings (SSSR count). The van der Waals surface area contributed by atoms with Crippen LogP contribution in [0.5, 0.6) is 11.5 Å². The lowest BCUT2D eigenvalue weighted by molar-refractivity contribution is -0.139. The highest BCUT2D eigenvalue weighted by Gasteiger charge is 2.31. The van der Waals surface area contributed by atoms with Crippen LogP contribution in [0.3, 0.4) is 0 Å². The highest BCUT2D eigenvalue weighted by molar-refractivity contribution is 9.10. The van der Waals surface area contributed by atoms with E-state index in [1.54, 1.807) is 19.1 Å². The lowest BCUT2D eigenvalue weighted by Gasteiger charge is -2.31. The monoisotopic (exact) mass is 539 g/mol. The van der Waals surface area contributed by atoms with E-state index in [0.29, 0.717) is 11.5 Å². The molecule has 1 aliphatic heterocycles. The van der Waals surface area contributed by atoms with E-state index in [1.165, 1.54) is 24.9 Å². The van der Waals surface area contributed by atoms with Crippen LogP contribution < -0.4 is 19.1 Å². The number of likely N-dealkylation sites (N-methyl/N-ethyl adjacent to an activating group) is 1. The zero-order valence-corrected chi connectivity index (χ0v) is 21.0. The third-order valence-electron chi connectivity index (χ3n) is 5.28. The summed E-state index contributed by atoms with van der Waals surface area (Å²) in [7, 11) is -2.32.